The van der Waals surface area contributed by atoms with Gasteiger partial charge >= 0.3 is 29.8 Å². The lowest BCUT2D eigenvalue weighted by Crippen LogP contribution is -2.44. The molecular formula is C25H39N5O15. The lowest BCUT2D eigenvalue weighted by atomic mass is 10.1. The molecule has 0 saturated carbocycles. The highest BCUT2D eigenvalue weighted by molar-refractivity contribution is 6.31. The molecule has 0 heterocycles. The van der Waals surface area contributed by atoms with Crippen LogP contribution >= 0.6 is 0 Å². The van der Waals surface area contributed by atoms with E-state index in [9.17, 15) is 53.4 Å². The smallest absolute Gasteiger partial charge is 0.394 e. The monoisotopic (exact) mass is 649 g/mol. The van der Waals surface area contributed by atoms with Gasteiger partial charge in [-0.25, -0.2) is 14.4 Å². The fourth-order valence-corrected chi connectivity index (χ4v) is 3.21. The fourth-order valence-electron chi connectivity index (χ4n) is 3.21. The largest absolute Gasteiger partial charge is 0.480 e. The molecule has 254 valence electrons. The number of nitrogens with one attached hydrogen (secondary N) is 5. The summed E-state index contributed by atoms with van der Waals surface area (Å²) in [5.41, 5.74) is 0. The number of hydrogen-bond acceptors (Lipinski definition) is 11. The summed E-state index contributed by atoms with van der Waals surface area (Å²) in [4.78, 5) is 102. The zero-order valence-electron chi connectivity index (χ0n) is 24.5. The van der Waals surface area contributed by atoms with Crippen LogP contribution in [0.25, 0.3) is 0 Å². The Balaban J connectivity index is 4.10. The maximum absolute atomic E-state index is 12.0. The van der Waals surface area contributed by atoms with Crippen molar-refractivity contribution in [3.05, 3.63) is 0 Å². The van der Waals surface area contributed by atoms with Gasteiger partial charge in [0.05, 0.1) is 19.8 Å². The predicted molar refractivity (Wildman–Crippen MR) is 147 cm³/mol. The molecule has 0 aliphatic carbocycles. The van der Waals surface area contributed by atoms with Gasteiger partial charge in [-0.2, -0.15) is 0 Å². The number of amides is 5. The topological polar surface area (TPSA) is 313 Å². The van der Waals surface area contributed by atoms with E-state index in [1.807, 2.05) is 0 Å². The SMILES string of the molecule is CC(NC(=O)CC[C@H](NC(=O)COCCOCCNC(=O)CC[C@H](NC(=O)CCCNC(=O)C(=O)O)C(=O)O)C(=O)O)C(=O)O. The van der Waals surface area contributed by atoms with Gasteiger partial charge in [-0.05, 0) is 26.2 Å². The highest BCUT2D eigenvalue weighted by atomic mass is 16.5. The second-order valence-corrected chi connectivity index (χ2v) is 9.30. The first-order valence-electron chi connectivity index (χ1n) is 13.6. The van der Waals surface area contributed by atoms with Crippen molar-refractivity contribution in [2.75, 3.05) is 39.5 Å². The molecule has 0 aromatic heterocycles. The van der Waals surface area contributed by atoms with Gasteiger partial charge in [0.25, 0.3) is 0 Å². The molecular weight excluding hydrogens is 610 g/mol. The Morgan fingerprint density at radius 2 is 1.11 bits per heavy atom. The first-order chi connectivity index (χ1) is 21.1. The number of rotatable bonds is 24. The highest BCUT2D eigenvalue weighted by Crippen LogP contribution is 2.01. The first-order valence-corrected chi connectivity index (χ1v) is 13.6. The van der Waals surface area contributed by atoms with Gasteiger partial charge in [-0.3, -0.25) is 28.8 Å². The number of carboxylic acid groups (broad SMARTS) is 4. The van der Waals surface area contributed by atoms with Crippen LogP contribution in [0.5, 0.6) is 0 Å². The zero-order chi connectivity index (χ0) is 34.4. The van der Waals surface area contributed by atoms with Gasteiger partial charge in [-0.1, -0.05) is 0 Å². The third-order valence-corrected chi connectivity index (χ3v) is 5.57. The molecule has 0 aromatic rings. The van der Waals surface area contributed by atoms with E-state index < -0.39 is 78.1 Å². The summed E-state index contributed by atoms with van der Waals surface area (Å²) < 4.78 is 10.3. The number of carbonyl (C=O) groups is 9. The number of hydrogen-bond donors (Lipinski definition) is 9. The Morgan fingerprint density at radius 1 is 0.578 bits per heavy atom. The molecule has 9 N–H and O–H groups in total. The average molecular weight is 650 g/mol. The minimum atomic E-state index is -1.67. The van der Waals surface area contributed by atoms with Gasteiger partial charge in [0.15, 0.2) is 0 Å². The number of carboxylic acids is 4. The van der Waals surface area contributed by atoms with Gasteiger partial charge < -0.3 is 56.5 Å². The van der Waals surface area contributed by atoms with E-state index in [2.05, 4.69) is 26.6 Å². The Hall–Kier alpha value is -4.85. The molecule has 0 saturated heterocycles. The maximum atomic E-state index is 12.0. The van der Waals surface area contributed by atoms with Crippen LogP contribution < -0.4 is 26.6 Å². The third-order valence-electron chi connectivity index (χ3n) is 5.57. The van der Waals surface area contributed by atoms with Gasteiger partial charge in [0.2, 0.25) is 23.6 Å². The lowest BCUT2D eigenvalue weighted by molar-refractivity contribution is -0.150. The van der Waals surface area contributed by atoms with Crippen LogP contribution in [0.15, 0.2) is 0 Å². The van der Waals surface area contributed by atoms with Crippen molar-refractivity contribution >= 4 is 53.4 Å². The van der Waals surface area contributed by atoms with Crippen LogP contribution in [-0.4, -0.2) is 131 Å². The van der Waals surface area contributed by atoms with E-state index in [1.165, 1.54) is 6.92 Å². The Kier molecular flexibility index (Phi) is 20.2. The van der Waals surface area contributed by atoms with Crippen molar-refractivity contribution in [2.45, 2.75) is 63.6 Å². The van der Waals surface area contributed by atoms with Crippen LogP contribution in [0.4, 0.5) is 0 Å². The number of ether oxygens (including phenoxy) is 2. The predicted octanol–water partition coefficient (Wildman–Crippen LogP) is -3.59. The van der Waals surface area contributed by atoms with E-state index in [0.29, 0.717) is 0 Å². The van der Waals surface area contributed by atoms with E-state index >= 15 is 0 Å². The molecule has 20 heteroatoms. The molecule has 20 nitrogen and oxygen atoms in total. The van der Waals surface area contributed by atoms with Crippen LogP contribution in [0.3, 0.4) is 0 Å². The first kappa shape index (κ1) is 40.1. The summed E-state index contributed by atoms with van der Waals surface area (Å²) in [6, 6.07) is -3.90. The molecule has 0 radical (unpaired) electrons. The van der Waals surface area contributed by atoms with Crippen molar-refractivity contribution in [2.24, 2.45) is 0 Å². The quantitative estimate of drug-likeness (QED) is 0.0360. The van der Waals surface area contributed by atoms with Gasteiger partial charge in [-0.15, -0.1) is 0 Å². The van der Waals surface area contributed by atoms with Crippen molar-refractivity contribution in [3.8, 4) is 0 Å². The average Bonchev–Trinajstić information content (AvgIpc) is 2.96. The second kappa shape index (κ2) is 22.7. The molecule has 5 amide bonds. The van der Waals surface area contributed by atoms with E-state index in [1.54, 1.807) is 0 Å². The van der Waals surface area contributed by atoms with E-state index in [0.717, 1.165) is 0 Å². The molecule has 0 aliphatic heterocycles. The molecule has 0 fully saturated rings. The molecule has 0 bridgehead atoms. The van der Waals surface area contributed by atoms with E-state index in [-0.39, 0.29) is 71.4 Å². The van der Waals surface area contributed by atoms with Crippen LogP contribution in [0.1, 0.15) is 45.4 Å². The standard InChI is InChI=1S/C25H39N5O15/c1-14(22(36)37)28-19(33)7-5-16(24(40)41)30-20(34)13-45-12-11-44-10-9-26-17(31)6-4-15(23(38)39)29-18(32)3-2-8-27-21(35)25(42)43/h14-16H,2-13H2,1H3,(H,26,31)(H,27,35)(H,28,33)(H,29,32)(H,30,34)(H,36,37)(H,38,39)(H,40,41)(H,42,43)/t14?,15-,16-/m0/s1. The van der Waals surface area contributed by atoms with Gasteiger partial charge in [0.1, 0.15) is 24.7 Å². The number of aliphatic carboxylic acids is 4. The summed E-state index contributed by atoms with van der Waals surface area (Å²) >= 11 is 0. The summed E-state index contributed by atoms with van der Waals surface area (Å²) in [6.45, 7) is 0.699. The molecule has 0 rings (SSSR count). The Morgan fingerprint density at radius 3 is 1.67 bits per heavy atom. The zero-order valence-corrected chi connectivity index (χ0v) is 24.5. The van der Waals surface area contributed by atoms with Crippen molar-refractivity contribution in [1.29, 1.82) is 0 Å². The molecule has 0 aliphatic rings. The van der Waals surface area contributed by atoms with Gasteiger partial charge in [0, 0.05) is 32.4 Å². The maximum Gasteiger partial charge on any atom is 0.394 e. The fraction of sp³-hybridized carbons (Fsp3) is 0.640. The summed E-state index contributed by atoms with van der Waals surface area (Å²) in [7, 11) is 0. The highest BCUT2D eigenvalue weighted by Gasteiger charge is 2.23. The van der Waals surface area contributed by atoms with Crippen LogP contribution in [0, 0.1) is 0 Å². The lowest BCUT2D eigenvalue weighted by Gasteiger charge is -2.15. The molecule has 0 spiro atoms. The summed E-state index contributed by atoms with van der Waals surface area (Å²) in [5, 5.41) is 46.8. The Labute approximate surface area is 256 Å². The minimum absolute atomic E-state index is 0.0144. The minimum Gasteiger partial charge on any atom is -0.480 e. The van der Waals surface area contributed by atoms with Crippen molar-refractivity contribution in [3.63, 3.8) is 0 Å². The summed E-state index contributed by atoms with van der Waals surface area (Å²) in [5.74, 6) is -9.55. The molecule has 3 atom stereocenters. The molecule has 0 aromatic carbocycles. The van der Waals surface area contributed by atoms with Crippen LogP contribution in [0.2, 0.25) is 0 Å². The van der Waals surface area contributed by atoms with E-state index in [4.69, 9.17) is 19.7 Å². The number of carbonyl (C=O) groups excluding carboxylic acids is 5. The van der Waals surface area contributed by atoms with Crippen molar-refractivity contribution in [1.82, 2.24) is 26.6 Å². The summed E-state index contributed by atoms with van der Waals surface area (Å²) in [6.07, 6.45) is -1.16. The second-order valence-electron chi connectivity index (χ2n) is 9.30. The molecule has 1 unspecified atom stereocenters. The van der Waals surface area contributed by atoms with Crippen molar-refractivity contribution < 1.29 is 73.1 Å². The normalized spacial score (nSPS) is 12.5. The molecule has 45 heavy (non-hydrogen) atoms. The third kappa shape index (κ3) is 20.7. The Bertz CT molecular complexity index is 1070. The van der Waals surface area contributed by atoms with Crippen LogP contribution in [-0.2, 0) is 52.6 Å².